The molecule has 3 heterocycles. The van der Waals surface area contributed by atoms with E-state index < -0.39 is 30.1 Å². The topological polar surface area (TPSA) is 98.9 Å². The second-order valence-electron chi connectivity index (χ2n) is 11.1. The third-order valence-corrected chi connectivity index (χ3v) is 8.45. The van der Waals surface area contributed by atoms with Gasteiger partial charge in [0.25, 0.3) is 0 Å². The Morgan fingerprint density at radius 2 is 1.88 bits per heavy atom. The number of allylic oxidation sites excluding steroid dienone is 7. The summed E-state index contributed by atoms with van der Waals surface area (Å²) < 4.78 is 26.0. The van der Waals surface area contributed by atoms with Gasteiger partial charge in [-0.3, -0.25) is 14.5 Å². The van der Waals surface area contributed by atoms with E-state index in [9.17, 15) is 23.5 Å². The van der Waals surface area contributed by atoms with E-state index in [4.69, 9.17) is 5.73 Å². The van der Waals surface area contributed by atoms with Crippen LogP contribution in [0.4, 0.5) is 8.78 Å². The Bertz CT molecular complexity index is 1110. The molecule has 0 radical (unpaired) electrons. The molecular weight excluding hydrogens is 514 g/mol. The minimum absolute atomic E-state index is 0.0478. The predicted octanol–water partition coefficient (Wildman–Crippen LogP) is 4.77. The molecule has 3 rings (SSSR count). The number of amides is 1. The molecule has 0 aliphatic carbocycles. The average molecular weight is 559 g/mol. The lowest BCUT2D eigenvalue weighted by Crippen LogP contribution is -2.53. The van der Waals surface area contributed by atoms with Gasteiger partial charge in [0, 0.05) is 31.1 Å². The summed E-state index contributed by atoms with van der Waals surface area (Å²) >= 11 is 0. The van der Waals surface area contributed by atoms with Crippen LogP contribution in [0.25, 0.3) is 0 Å². The van der Waals surface area contributed by atoms with Crippen LogP contribution >= 0.6 is 0 Å². The number of carboxylic acid groups (broad SMARTS) is 1. The number of carbonyl (C=O) groups excluding carboxylic acids is 1. The summed E-state index contributed by atoms with van der Waals surface area (Å²) in [6.45, 7) is 10.4. The first-order valence-corrected chi connectivity index (χ1v) is 14.2. The molecule has 40 heavy (non-hydrogen) atoms. The number of hydrogen-bond acceptors (Lipinski definition) is 5. The van der Waals surface area contributed by atoms with Gasteiger partial charge in [-0.15, -0.1) is 0 Å². The van der Waals surface area contributed by atoms with E-state index >= 15 is 0 Å². The van der Waals surface area contributed by atoms with Crippen LogP contribution in [0.2, 0.25) is 0 Å². The maximum absolute atomic E-state index is 13.4. The van der Waals surface area contributed by atoms with Crippen molar-refractivity contribution in [2.24, 2.45) is 17.6 Å². The van der Waals surface area contributed by atoms with Crippen LogP contribution in [0.1, 0.15) is 52.9 Å². The summed E-state index contributed by atoms with van der Waals surface area (Å²) in [6.07, 6.45) is 13.8. The Labute approximate surface area is 236 Å². The fourth-order valence-electron chi connectivity index (χ4n) is 6.09. The third-order valence-electron chi connectivity index (χ3n) is 8.45. The maximum Gasteiger partial charge on any atom is 0.321 e. The highest BCUT2D eigenvalue weighted by atomic mass is 19.2. The highest BCUT2D eigenvalue weighted by Crippen LogP contribution is 2.38. The quantitative estimate of drug-likeness (QED) is 0.264. The van der Waals surface area contributed by atoms with Gasteiger partial charge in [0.05, 0.1) is 5.54 Å². The largest absolute Gasteiger partial charge is 0.480 e. The van der Waals surface area contributed by atoms with Gasteiger partial charge in [-0.05, 0) is 99.7 Å². The minimum Gasteiger partial charge on any atom is -0.480 e. The Morgan fingerprint density at radius 1 is 1.23 bits per heavy atom. The Morgan fingerprint density at radius 3 is 2.42 bits per heavy atom. The second kappa shape index (κ2) is 14.0. The van der Waals surface area contributed by atoms with Gasteiger partial charge in [-0.2, -0.15) is 0 Å². The summed E-state index contributed by atoms with van der Waals surface area (Å²) in [4.78, 5) is 28.9. The number of rotatable bonds is 10. The van der Waals surface area contributed by atoms with Crippen LogP contribution in [-0.2, 0) is 9.59 Å². The molecule has 220 valence electrons. The smallest absolute Gasteiger partial charge is 0.321 e. The Balaban J connectivity index is 1.56. The molecule has 0 spiro atoms. The summed E-state index contributed by atoms with van der Waals surface area (Å²) in [5, 5.41) is 13.5. The van der Waals surface area contributed by atoms with Crippen molar-refractivity contribution < 1.29 is 23.5 Å². The van der Waals surface area contributed by atoms with Crippen LogP contribution in [0.5, 0.6) is 0 Å². The first kappa shape index (κ1) is 31.5. The van der Waals surface area contributed by atoms with Gasteiger partial charge in [-0.1, -0.05) is 25.7 Å². The number of nitrogens with two attached hydrogens (primary N) is 1. The Kier molecular flexibility index (Phi) is 11.0. The predicted molar refractivity (Wildman–Crippen MR) is 154 cm³/mol. The lowest BCUT2D eigenvalue weighted by Gasteiger charge is -2.42. The number of halogens is 2. The van der Waals surface area contributed by atoms with Crippen LogP contribution in [-0.4, -0.2) is 71.2 Å². The van der Waals surface area contributed by atoms with Crippen molar-refractivity contribution in [2.45, 2.75) is 64.5 Å². The molecule has 2 saturated heterocycles. The van der Waals surface area contributed by atoms with Gasteiger partial charge in [0.2, 0.25) is 5.91 Å². The van der Waals surface area contributed by atoms with Crippen LogP contribution in [0.15, 0.2) is 71.4 Å². The molecule has 2 unspecified atom stereocenters. The van der Waals surface area contributed by atoms with E-state index in [1.54, 1.807) is 4.90 Å². The van der Waals surface area contributed by atoms with E-state index in [1.807, 2.05) is 13.1 Å². The molecule has 0 aromatic rings. The number of nitrogens with one attached hydrogen (secondary N) is 1. The van der Waals surface area contributed by atoms with E-state index in [0.29, 0.717) is 50.5 Å². The van der Waals surface area contributed by atoms with Crippen molar-refractivity contribution in [3.05, 3.63) is 71.4 Å². The third kappa shape index (κ3) is 7.37. The fourth-order valence-corrected chi connectivity index (χ4v) is 6.09. The number of aliphatic carboxylic acids is 1. The SMILES string of the molecule is C=CC(/C=C/C(=O)N1CCC(C(C(=O)O)N2CCC(C3=CN/C(=C/CC)C3(C)N)CC2)CC1)=C\C(C)=C(\F)CF. The number of hydrogen-bond donors (Lipinski definition) is 3. The molecule has 7 nitrogen and oxygen atoms in total. The van der Waals surface area contributed by atoms with Gasteiger partial charge in [0.1, 0.15) is 18.5 Å². The van der Waals surface area contributed by atoms with E-state index in [1.165, 1.54) is 36.8 Å². The maximum atomic E-state index is 13.4. The molecule has 2 fully saturated rings. The molecule has 3 aliphatic heterocycles. The molecular formula is C31H44F2N4O3. The number of likely N-dealkylation sites (tertiary alicyclic amines) is 2. The monoisotopic (exact) mass is 558 g/mol. The number of carboxylic acids is 1. The Hall–Kier alpha value is -3.04. The first-order chi connectivity index (χ1) is 19.0. The molecule has 4 N–H and O–H groups in total. The second-order valence-corrected chi connectivity index (χ2v) is 11.1. The lowest BCUT2D eigenvalue weighted by molar-refractivity contribution is -0.147. The van der Waals surface area contributed by atoms with Gasteiger partial charge < -0.3 is 21.1 Å². The molecule has 3 aliphatic rings. The van der Waals surface area contributed by atoms with E-state index in [2.05, 4.69) is 29.8 Å². The van der Waals surface area contributed by atoms with Crippen LogP contribution in [0, 0.1) is 11.8 Å². The molecule has 1 amide bonds. The molecule has 0 aromatic heterocycles. The van der Waals surface area contributed by atoms with Crippen molar-refractivity contribution in [3.8, 4) is 0 Å². The van der Waals surface area contributed by atoms with Crippen molar-refractivity contribution in [3.63, 3.8) is 0 Å². The standard InChI is InChI=1S/C31H44F2N4O3/c1-5-7-27-31(4,34)25(20-35-27)23-10-16-37(17-11-23)29(30(39)40)24-12-14-36(15-13-24)28(38)9-8-22(6-2)18-21(3)26(33)19-32/h6-9,18,20,23-24,29,35H,2,5,10-17,19,34H2,1,3-4H3,(H,39,40)/b9-8+,22-18+,26-21+,27-7+. The van der Waals surface area contributed by atoms with Crippen molar-refractivity contribution in [1.29, 1.82) is 0 Å². The average Bonchev–Trinajstić information content (AvgIpc) is 3.24. The highest BCUT2D eigenvalue weighted by Gasteiger charge is 2.42. The summed E-state index contributed by atoms with van der Waals surface area (Å²) in [6, 6.07) is -0.584. The fraction of sp³-hybridized carbons (Fsp3) is 0.548. The number of alkyl halides is 1. The highest BCUT2D eigenvalue weighted by molar-refractivity contribution is 5.88. The molecule has 0 saturated carbocycles. The molecule has 0 bridgehead atoms. The van der Waals surface area contributed by atoms with Crippen LogP contribution in [0.3, 0.4) is 0 Å². The van der Waals surface area contributed by atoms with Crippen LogP contribution < -0.4 is 11.1 Å². The van der Waals surface area contributed by atoms with E-state index in [0.717, 1.165) is 25.0 Å². The summed E-state index contributed by atoms with van der Waals surface area (Å²) in [5.74, 6) is -1.61. The number of piperidine rings is 2. The first-order valence-electron chi connectivity index (χ1n) is 14.2. The van der Waals surface area contributed by atoms with E-state index in [-0.39, 0.29) is 17.4 Å². The molecule has 9 heteroatoms. The normalized spacial score (nSPS) is 26.1. The molecule has 2 atom stereocenters. The number of carbonyl (C=O) groups is 2. The van der Waals surface area contributed by atoms with Crippen molar-refractivity contribution in [2.75, 3.05) is 32.9 Å². The zero-order valence-electron chi connectivity index (χ0n) is 24.0. The lowest BCUT2D eigenvalue weighted by atomic mass is 9.78. The van der Waals surface area contributed by atoms with Crippen molar-refractivity contribution >= 4 is 11.9 Å². The van der Waals surface area contributed by atoms with Gasteiger partial charge >= 0.3 is 5.97 Å². The molecule has 0 aromatic carbocycles. The summed E-state index contributed by atoms with van der Waals surface area (Å²) in [7, 11) is 0. The van der Waals surface area contributed by atoms with Gasteiger partial charge in [0.15, 0.2) is 0 Å². The zero-order chi connectivity index (χ0) is 29.4. The number of nitrogens with zero attached hydrogens (tertiary/aromatic N) is 2. The van der Waals surface area contributed by atoms with Crippen molar-refractivity contribution in [1.82, 2.24) is 15.1 Å². The summed E-state index contributed by atoms with van der Waals surface area (Å²) in [5.41, 5.74) is 9.02. The zero-order valence-corrected chi connectivity index (χ0v) is 24.0. The minimum atomic E-state index is -1.18. The van der Waals surface area contributed by atoms with Gasteiger partial charge in [-0.25, -0.2) is 8.78 Å².